The van der Waals surface area contributed by atoms with Crippen LogP contribution < -0.4 is 10.2 Å². The molecule has 0 aliphatic carbocycles. The molecule has 0 saturated carbocycles. The summed E-state index contributed by atoms with van der Waals surface area (Å²) in [6.45, 7) is 8.77. The van der Waals surface area contributed by atoms with Crippen molar-refractivity contribution < 1.29 is 4.79 Å². The van der Waals surface area contributed by atoms with E-state index in [1.807, 2.05) is 43.0 Å². The number of piperazine rings is 1. The van der Waals surface area contributed by atoms with Gasteiger partial charge in [0.25, 0.3) is 0 Å². The zero-order valence-corrected chi connectivity index (χ0v) is 12.8. The van der Waals surface area contributed by atoms with E-state index in [2.05, 4.69) is 35.1 Å². The van der Waals surface area contributed by atoms with Crippen LogP contribution in [0.5, 0.6) is 0 Å². The third-order valence-corrected chi connectivity index (χ3v) is 3.60. The van der Waals surface area contributed by atoms with Crippen molar-refractivity contribution in [3.8, 4) is 0 Å². The van der Waals surface area contributed by atoms with Crippen molar-refractivity contribution in [2.24, 2.45) is 0 Å². The lowest BCUT2D eigenvalue weighted by Gasteiger charge is -2.47. The van der Waals surface area contributed by atoms with Gasteiger partial charge in [0.2, 0.25) is 5.91 Å². The summed E-state index contributed by atoms with van der Waals surface area (Å²) < 4.78 is 0.988. The number of halogens is 1. The quantitative estimate of drug-likeness (QED) is 0.865. The van der Waals surface area contributed by atoms with Crippen molar-refractivity contribution in [3.05, 3.63) is 28.7 Å². The van der Waals surface area contributed by atoms with Crippen LogP contribution in [0.3, 0.4) is 0 Å². The predicted octanol–water partition coefficient (Wildman–Crippen LogP) is 2.94. The molecular formula is C14H19BrN2O. The summed E-state index contributed by atoms with van der Waals surface area (Å²) >= 11 is 3.45. The second-order valence-corrected chi connectivity index (χ2v) is 6.92. The first-order chi connectivity index (χ1) is 8.21. The predicted molar refractivity (Wildman–Crippen MR) is 77.8 cm³/mol. The van der Waals surface area contributed by atoms with Crippen LogP contribution in [0.2, 0.25) is 0 Å². The Balaban J connectivity index is 2.40. The monoisotopic (exact) mass is 310 g/mol. The lowest BCUT2D eigenvalue weighted by atomic mass is 9.90. The van der Waals surface area contributed by atoms with Gasteiger partial charge >= 0.3 is 0 Å². The number of carbonyl (C=O) groups is 1. The lowest BCUT2D eigenvalue weighted by molar-refractivity contribution is -0.126. The number of hydrogen-bond acceptors (Lipinski definition) is 2. The molecule has 0 unspecified atom stereocenters. The summed E-state index contributed by atoms with van der Waals surface area (Å²) in [4.78, 5) is 14.4. The molecule has 1 aromatic rings. The zero-order valence-electron chi connectivity index (χ0n) is 11.2. The summed E-state index contributed by atoms with van der Waals surface area (Å²) in [7, 11) is 0. The average Bonchev–Trinajstić information content (AvgIpc) is 2.22. The van der Waals surface area contributed by atoms with Crippen LogP contribution >= 0.6 is 15.9 Å². The van der Waals surface area contributed by atoms with Gasteiger partial charge in [-0.3, -0.25) is 10.1 Å². The molecule has 2 rings (SSSR count). The van der Waals surface area contributed by atoms with E-state index >= 15 is 0 Å². The molecule has 0 bridgehead atoms. The minimum Gasteiger partial charge on any atom is -0.309 e. The van der Waals surface area contributed by atoms with Crippen LogP contribution in [-0.2, 0) is 4.79 Å². The van der Waals surface area contributed by atoms with Crippen molar-refractivity contribution in [2.45, 2.75) is 38.8 Å². The smallest absolute Gasteiger partial charge is 0.246 e. The Morgan fingerprint density at radius 3 is 2.56 bits per heavy atom. The zero-order chi connectivity index (χ0) is 13.6. The molecule has 18 heavy (non-hydrogen) atoms. The highest BCUT2D eigenvalue weighted by molar-refractivity contribution is 9.10. The molecule has 0 atom stereocenters. The van der Waals surface area contributed by atoms with Crippen molar-refractivity contribution >= 4 is 27.5 Å². The minimum absolute atomic E-state index is 0.0975. The van der Waals surface area contributed by atoms with E-state index in [0.717, 1.165) is 10.2 Å². The van der Waals surface area contributed by atoms with Crippen molar-refractivity contribution in [1.82, 2.24) is 5.32 Å². The highest BCUT2D eigenvalue weighted by atomic mass is 79.9. The molecule has 0 radical (unpaired) electrons. The van der Waals surface area contributed by atoms with E-state index in [1.165, 1.54) is 0 Å². The molecule has 1 fully saturated rings. The standard InChI is InChI=1S/C14H19BrN2O/c1-13(2)9-17(12(18)14(3,4)16-13)11-7-5-6-10(15)8-11/h5-8,16H,9H2,1-4H3. The maximum absolute atomic E-state index is 12.5. The first-order valence-corrected chi connectivity index (χ1v) is 6.87. The SMILES string of the molecule is CC1(C)CN(c2cccc(Br)c2)C(=O)C(C)(C)N1. The lowest BCUT2D eigenvalue weighted by Crippen LogP contribution is -2.70. The van der Waals surface area contributed by atoms with Gasteiger partial charge in [0.1, 0.15) is 0 Å². The molecule has 1 aliphatic heterocycles. The summed E-state index contributed by atoms with van der Waals surface area (Å²) in [6.07, 6.45) is 0. The van der Waals surface area contributed by atoms with Gasteiger partial charge in [-0.1, -0.05) is 22.0 Å². The van der Waals surface area contributed by atoms with E-state index in [4.69, 9.17) is 0 Å². The van der Waals surface area contributed by atoms with Crippen LogP contribution in [0, 0.1) is 0 Å². The molecule has 0 spiro atoms. The fourth-order valence-electron chi connectivity index (χ4n) is 2.60. The average molecular weight is 311 g/mol. The fourth-order valence-corrected chi connectivity index (χ4v) is 2.98. The van der Waals surface area contributed by atoms with Crippen molar-refractivity contribution in [2.75, 3.05) is 11.4 Å². The number of nitrogens with one attached hydrogen (secondary N) is 1. The normalized spacial score (nSPS) is 22.1. The highest BCUT2D eigenvalue weighted by Gasteiger charge is 2.43. The third-order valence-electron chi connectivity index (χ3n) is 3.10. The number of hydrogen-bond donors (Lipinski definition) is 1. The molecule has 0 aromatic heterocycles. The van der Waals surface area contributed by atoms with E-state index in [9.17, 15) is 4.79 Å². The maximum Gasteiger partial charge on any atom is 0.246 e. The molecule has 1 N–H and O–H groups in total. The molecule has 1 aromatic carbocycles. The maximum atomic E-state index is 12.5. The fraction of sp³-hybridized carbons (Fsp3) is 0.500. The number of benzene rings is 1. The van der Waals surface area contributed by atoms with E-state index in [1.54, 1.807) is 0 Å². The van der Waals surface area contributed by atoms with E-state index in [-0.39, 0.29) is 11.4 Å². The number of nitrogens with zero attached hydrogens (tertiary/aromatic N) is 1. The minimum atomic E-state index is -0.538. The number of amides is 1. The number of rotatable bonds is 1. The molecule has 4 heteroatoms. The van der Waals surface area contributed by atoms with E-state index < -0.39 is 5.54 Å². The van der Waals surface area contributed by atoms with Crippen molar-refractivity contribution in [3.63, 3.8) is 0 Å². The Kier molecular flexibility index (Phi) is 3.28. The van der Waals surface area contributed by atoms with Gasteiger partial charge in [-0.2, -0.15) is 0 Å². The Morgan fingerprint density at radius 2 is 1.94 bits per heavy atom. The highest BCUT2D eigenvalue weighted by Crippen LogP contribution is 2.28. The Bertz CT molecular complexity index is 482. The second kappa shape index (κ2) is 4.35. The molecular weight excluding hydrogens is 292 g/mol. The topological polar surface area (TPSA) is 32.3 Å². The summed E-state index contributed by atoms with van der Waals surface area (Å²) in [5.41, 5.74) is 0.307. The Hall–Kier alpha value is -0.870. The van der Waals surface area contributed by atoms with Gasteiger partial charge in [-0.25, -0.2) is 0 Å². The van der Waals surface area contributed by atoms with Gasteiger partial charge in [-0.05, 0) is 45.9 Å². The van der Waals surface area contributed by atoms with Gasteiger partial charge in [0.05, 0.1) is 5.54 Å². The van der Waals surface area contributed by atoms with Gasteiger partial charge in [0.15, 0.2) is 0 Å². The van der Waals surface area contributed by atoms with Gasteiger partial charge < -0.3 is 4.90 Å². The van der Waals surface area contributed by atoms with Gasteiger partial charge in [0, 0.05) is 22.2 Å². The molecule has 3 nitrogen and oxygen atoms in total. The van der Waals surface area contributed by atoms with Crippen LogP contribution in [0.1, 0.15) is 27.7 Å². The van der Waals surface area contributed by atoms with Gasteiger partial charge in [-0.15, -0.1) is 0 Å². The second-order valence-electron chi connectivity index (χ2n) is 6.01. The van der Waals surface area contributed by atoms with Crippen molar-refractivity contribution in [1.29, 1.82) is 0 Å². The molecule has 1 heterocycles. The number of carbonyl (C=O) groups excluding carboxylic acids is 1. The summed E-state index contributed by atoms with van der Waals surface area (Å²) in [5.74, 6) is 0.111. The molecule has 1 amide bonds. The summed E-state index contributed by atoms with van der Waals surface area (Å²) in [6, 6.07) is 7.87. The first kappa shape index (κ1) is 13.6. The number of anilines is 1. The van der Waals surface area contributed by atoms with Crippen LogP contribution in [-0.4, -0.2) is 23.5 Å². The van der Waals surface area contributed by atoms with Crippen LogP contribution in [0.15, 0.2) is 28.7 Å². The summed E-state index contributed by atoms with van der Waals surface area (Å²) in [5, 5.41) is 3.39. The molecule has 98 valence electrons. The first-order valence-electron chi connectivity index (χ1n) is 6.08. The van der Waals surface area contributed by atoms with Crippen LogP contribution in [0.4, 0.5) is 5.69 Å². The van der Waals surface area contributed by atoms with E-state index in [0.29, 0.717) is 6.54 Å². The third kappa shape index (κ3) is 2.59. The molecule has 1 aliphatic rings. The molecule has 1 saturated heterocycles. The Labute approximate surface area is 117 Å². The largest absolute Gasteiger partial charge is 0.309 e. The Morgan fingerprint density at radius 1 is 1.28 bits per heavy atom. The van der Waals surface area contributed by atoms with Crippen LogP contribution in [0.25, 0.3) is 0 Å².